The summed E-state index contributed by atoms with van der Waals surface area (Å²) in [5.74, 6) is -0.605. The molecule has 6 nitrogen and oxygen atoms in total. The molecule has 3 N–H and O–H groups in total. The van der Waals surface area contributed by atoms with Crippen molar-refractivity contribution in [2.45, 2.75) is 39.8 Å². The average molecular weight is 594 g/mol. The van der Waals surface area contributed by atoms with Crippen LogP contribution in [0, 0.1) is 0 Å². The van der Waals surface area contributed by atoms with Crippen LogP contribution in [0.1, 0.15) is 78.0 Å². The minimum absolute atomic E-state index is 0. The summed E-state index contributed by atoms with van der Waals surface area (Å²) < 4.78 is 0. The van der Waals surface area contributed by atoms with Crippen molar-refractivity contribution < 1.29 is 14.7 Å². The number of hydrogen-bond acceptors (Lipinski definition) is 7. The van der Waals surface area contributed by atoms with E-state index in [-0.39, 0.29) is 18.2 Å². The number of halogens is 1. The van der Waals surface area contributed by atoms with Crippen LogP contribution in [0.4, 0.5) is 0 Å². The first-order valence-corrected chi connectivity index (χ1v) is 14.5. The van der Waals surface area contributed by atoms with Crippen molar-refractivity contribution in [3.8, 4) is 0 Å². The number of nitrogens with two attached hydrogens (primary N) is 1. The lowest BCUT2D eigenvalue weighted by molar-refractivity contribution is 0.0701. The van der Waals surface area contributed by atoms with Crippen molar-refractivity contribution in [1.29, 1.82) is 0 Å². The van der Waals surface area contributed by atoms with E-state index in [0.717, 1.165) is 50.8 Å². The van der Waals surface area contributed by atoms with Crippen LogP contribution in [-0.4, -0.2) is 34.8 Å². The smallest absolute Gasteiger partial charge is 0.345 e. The molecule has 2 aliphatic rings. The molecule has 0 bridgehead atoms. The summed E-state index contributed by atoms with van der Waals surface area (Å²) in [4.78, 5) is 35.4. The van der Waals surface area contributed by atoms with Crippen LogP contribution in [0.2, 0.25) is 0 Å². The standard InChI is InChI=1S/C16H15NOS.C13H9NO2S.C2H7N.ClH/c1-2-6-13(18)14-9-12-10-17-15(16(12)19-14)11-7-4-3-5-8-11;15-13(16)10-6-9-7-14-11(12(9)17-10)8-4-2-1-3-5-8;1-2-3;/h3-5,7-9H,2,6,10H2,1H3;1-6H,7H2,(H,15,16);2-3H2,1H3;1H. The minimum atomic E-state index is -0.864. The molecule has 4 aromatic rings. The number of carboxylic acid groups (broad SMARTS) is 1. The molecule has 6 rings (SSSR count). The van der Waals surface area contributed by atoms with Crippen LogP contribution in [0.3, 0.4) is 0 Å². The highest BCUT2D eigenvalue weighted by Gasteiger charge is 2.24. The summed E-state index contributed by atoms with van der Waals surface area (Å²) in [7, 11) is 0. The van der Waals surface area contributed by atoms with E-state index in [1.165, 1.54) is 21.8 Å². The van der Waals surface area contributed by atoms with Crippen molar-refractivity contribution in [1.82, 2.24) is 0 Å². The summed E-state index contributed by atoms with van der Waals surface area (Å²) in [6.07, 6.45) is 1.54. The summed E-state index contributed by atoms with van der Waals surface area (Å²) in [6.45, 7) is 5.98. The van der Waals surface area contributed by atoms with E-state index in [9.17, 15) is 9.59 Å². The molecule has 208 valence electrons. The van der Waals surface area contributed by atoms with E-state index in [2.05, 4.69) is 22.1 Å². The Bertz CT molecular complexity index is 1510. The van der Waals surface area contributed by atoms with Gasteiger partial charge in [0.2, 0.25) is 0 Å². The number of aliphatic imine (C=N–C) groups is 2. The number of fused-ring (bicyclic) bond motifs is 2. The molecular weight excluding hydrogens is 562 g/mol. The Balaban J connectivity index is 0.000000197. The van der Waals surface area contributed by atoms with Gasteiger partial charge < -0.3 is 10.8 Å². The summed E-state index contributed by atoms with van der Waals surface area (Å²) in [5, 5.41) is 8.97. The van der Waals surface area contributed by atoms with Crippen molar-refractivity contribution in [3.63, 3.8) is 0 Å². The van der Waals surface area contributed by atoms with Gasteiger partial charge in [-0.25, -0.2) is 4.79 Å². The van der Waals surface area contributed by atoms with Gasteiger partial charge in [0, 0.05) is 17.5 Å². The third-order valence-corrected chi connectivity index (χ3v) is 8.32. The molecule has 0 spiro atoms. The summed E-state index contributed by atoms with van der Waals surface area (Å²) >= 11 is 2.90. The fourth-order valence-corrected chi connectivity index (χ4v) is 6.41. The second-order valence-corrected chi connectivity index (χ2v) is 11.0. The van der Waals surface area contributed by atoms with Crippen molar-refractivity contribution >= 4 is 58.3 Å². The molecule has 2 aromatic heterocycles. The molecule has 0 atom stereocenters. The largest absolute Gasteiger partial charge is 0.477 e. The molecule has 40 heavy (non-hydrogen) atoms. The van der Waals surface area contributed by atoms with Crippen LogP contribution in [-0.2, 0) is 13.1 Å². The highest BCUT2D eigenvalue weighted by molar-refractivity contribution is 7.16. The number of ketones is 1. The number of nitrogens with zero attached hydrogens (tertiary/aromatic N) is 2. The molecule has 2 aromatic carbocycles. The maximum Gasteiger partial charge on any atom is 0.345 e. The van der Waals surface area contributed by atoms with Crippen LogP contribution >= 0.6 is 35.1 Å². The number of Topliss-reactive ketones (excluding diaryl/α,β-unsaturated/α-hetero) is 1. The van der Waals surface area contributed by atoms with Crippen LogP contribution in [0.25, 0.3) is 0 Å². The Labute approximate surface area is 248 Å². The zero-order valence-electron chi connectivity index (χ0n) is 22.4. The van der Waals surface area contributed by atoms with Crippen LogP contribution < -0.4 is 5.73 Å². The van der Waals surface area contributed by atoms with Gasteiger partial charge in [-0.1, -0.05) is 74.5 Å². The third kappa shape index (κ3) is 7.20. The van der Waals surface area contributed by atoms with E-state index >= 15 is 0 Å². The number of carbonyl (C=O) groups is 2. The molecular formula is C31H32ClN3O3S2. The van der Waals surface area contributed by atoms with Crippen molar-refractivity contribution in [3.05, 3.63) is 115 Å². The quantitative estimate of drug-likeness (QED) is 0.229. The fraction of sp³-hybridized carbons (Fsp3) is 0.226. The molecule has 0 aliphatic carbocycles. The van der Waals surface area contributed by atoms with Crippen molar-refractivity contribution in [2.75, 3.05) is 6.54 Å². The first kappa shape index (κ1) is 31.1. The lowest BCUT2D eigenvalue weighted by atomic mass is 10.1. The van der Waals surface area contributed by atoms with Gasteiger partial charge in [-0.2, -0.15) is 0 Å². The van der Waals surface area contributed by atoms with E-state index in [4.69, 9.17) is 10.8 Å². The number of hydrogen-bond donors (Lipinski definition) is 2. The van der Waals surface area contributed by atoms with Gasteiger partial charge in [0.1, 0.15) is 4.88 Å². The van der Waals surface area contributed by atoms with E-state index in [1.807, 2.05) is 68.4 Å². The summed E-state index contributed by atoms with van der Waals surface area (Å²) in [6, 6.07) is 23.8. The van der Waals surface area contributed by atoms with Gasteiger partial charge in [-0.3, -0.25) is 14.8 Å². The van der Waals surface area contributed by atoms with Crippen LogP contribution in [0.15, 0.2) is 82.8 Å². The Morgan fingerprint density at radius 2 is 1.23 bits per heavy atom. The number of benzene rings is 2. The van der Waals surface area contributed by atoms with Gasteiger partial charge in [-0.05, 0) is 36.2 Å². The predicted molar refractivity (Wildman–Crippen MR) is 168 cm³/mol. The molecule has 4 heterocycles. The molecule has 0 unspecified atom stereocenters. The molecule has 9 heteroatoms. The van der Waals surface area contributed by atoms with Gasteiger partial charge in [-0.15, -0.1) is 35.1 Å². The Hall–Kier alpha value is -3.43. The zero-order valence-corrected chi connectivity index (χ0v) is 24.9. The normalized spacial score (nSPS) is 12.4. The molecule has 0 saturated carbocycles. The number of rotatable bonds is 6. The lowest BCUT2D eigenvalue weighted by Crippen LogP contribution is -1.97. The van der Waals surface area contributed by atoms with Gasteiger partial charge in [0.15, 0.2) is 5.78 Å². The second kappa shape index (κ2) is 14.8. The second-order valence-electron chi connectivity index (χ2n) is 8.88. The van der Waals surface area contributed by atoms with Crippen LogP contribution in [0.5, 0.6) is 0 Å². The van der Waals surface area contributed by atoms with Gasteiger partial charge in [0.25, 0.3) is 0 Å². The first-order valence-electron chi connectivity index (χ1n) is 12.9. The maximum absolute atomic E-state index is 12.0. The number of carbonyl (C=O) groups excluding carboxylic acids is 1. The highest BCUT2D eigenvalue weighted by Crippen LogP contribution is 2.32. The highest BCUT2D eigenvalue weighted by atomic mass is 35.5. The minimum Gasteiger partial charge on any atom is -0.477 e. The van der Waals surface area contributed by atoms with Gasteiger partial charge in [0.05, 0.1) is 39.1 Å². The summed E-state index contributed by atoms with van der Waals surface area (Å²) in [5.41, 5.74) is 11.2. The Kier molecular flexibility index (Phi) is 11.5. The topological polar surface area (TPSA) is 105 Å². The molecule has 2 aliphatic heterocycles. The number of carboxylic acids is 1. The average Bonchev–Trinajstić information content (AvgIpc) is 3.71. The van der Waals surface area contributed by atoms with E-state index in [0.29, 0.717) is 24.4 Å². The molecule has 0 amide bonds. The number of aromatic carboxylic acids is 1. The SMILES string of the molecule is CCCC(=O)c1cc2c(s1)C(c1ccccc1)=NC2.CCN.Cl.O=C(O)c1cc2c(s1)C(c1ccccc1)=NC2. The molecule has 0 saturated heterocycles. The molecule has 0 radical (unpaired) electrons. The maximum atomic E-state index is 12.0. The van der Waals surface area contributed by atoms with E-state index < -0.39 is 5.97 Å². The zero-order chi connectivity index (χ0) is 27.8. The van der Waals surface area contributed by atoms with Gasteiger partial charge >= 0.3 is 5.97 Å². The third-order valence-electron chi connectivity index (χ3n) is 5.92. The number of thiophene rings is 2. The fourth-order valence-electron chi connectivity index (χ4n) is 4.20. The Morgan fingerprint density at radius 1 is 0.800 bits per heavy atom. The Morgan fingerprint density at radius 3 is 1.65 bits per heavy atom. The van der Waals surface area contributed by atoms with E-state index in [1.54, 1.807) is 17.4 Å². The predicted octanol–water partition coefficient (Wildman–Crippen LogP) is 7.27. The monoisotopic (exact) mass is 593 g/mol. The lowest BCUT2D eigenvalue weighted by Gasteiger charge is -2.00. The first-order chi connectivity index (χ1) is 19.0. The van der Waals surface area contributed by atoms with Crippen molar-refractivity contribution in [2.24, 2.45) is 15.7 Å². The molecule has 0 fully saturated rings.